The van der Waals surface area contributed by atoms with E-state index in [0.717, 1.165) is 41.6 Å². The Hall–Kier alpha value is -5.09. The predicted octanol–water partition coefficient (Wildman–Crippen LogP) is 3.49. The van der Waals surface area contributed by atoms with Crippen molar-refractivity contribution in [3.8, 4) is 22.9 Å². The van der Waals surface area contributed by atoms with Crippen molar-refractivity contribution >= 4 is 23.7 Å². The van der Waals surface area contributed by atoms with Crippen molar-refractivity contribution in [1.29, 1.82) is 5.26 Å². The molecule has 2 aliphatic rings. The van der Waals surface area contributed by atoms with Crippen LogP contribution in [0, 0.1) is 23.0 Å². The van der Waals surface area contributed by atoms with Crippen LogP contribution in [0.4, 0.5) is 14.6 Å². The molecule has 0 saturated carbocycles. The Kier molecular flexibility index (Phi) is 8.81. The van der Waals surface area contributed by atoms with Crippen LogP contribution in [0.5, 0.6) is 5.75 Å². The number of nitrogens with zero attached hydrogens (tertiary/aromatic N) is 7. The number of hydrogen-bond acceptors (Lipinski definition) is 8. The standard InChI is InChI=1S/C33H34F2N8O3/c1-2-46-26-16-27(31-24(17-36)19-38-43(31)20-26)23-3-6-30(37-18-23)42-9-7-33(8-10-42,21-40-11-13-41(22-44)14-12-40)39-32(45)28-15-25(34)4-5-29(28)35/h3-6,15-16,18-20,22H,2,7-14,21H2,1H3,(H,39,45). The van der Waals surface area contributed by atoms with Crippen LogP contribution in [-0.4, -0.2) is 94.7 Å². The zero-order valence-electron chi connectivity index (χ0n) is 25.5. The van der Waals surface area contributed by atoms with Crippen molar-refractivity contribution in [2.24, 2.45) is 0 Å². The van der Waals surface area contributed by atoms with Crippen LogP contribution in [0.3, 0.4) is 0 Å². The van der Waals surface area contributed by atoms with Gasteiger partial charge in [0.15, 0.2) is 0 Å². The van der Waals surface area contributed by atoms with Gasteiger partial charge in [-0.1, -0.05) is 0 Å². The molecule has 6 rings (SSSR count). The fourth-order valence-corrected chi connectivity index (χ4v) is 6.30. The fourth-order valence-electron chi connectivity index (χ4n) is 6.30. The van der Waals surface area contributed by atoms with E-state index in [-0.39, 0.29) is 5.56 Å². The average Bonchev–Trinajstić information content (AvgIpc) is 3.49. The Bertz CT molecular complexity index is 1770. The van der Waals surface area contributed by atoms with Crippen molar-refractivity contribution in [3.05, 3.63) is 77.8 Å². The Morgan fingerprint density at radius 1 is 1.09 bits per heavy atom. The van der Waals surface area contributed by atoms with E-state index in [2.05, 4.69) is 26.3 Å². The molecule has 0 atom stereocenters. The molecule has 2 fully saturated rings. The van der Waals surface area contributed by atoms with E-state index in [9.17, 15) is 23.6 Å². The highest BCUT2D eigenvalue weighted by Crippen LogP contribution is 2.33. The molecule has 0 radical (unpaired) electrons. The number of nitriles is 1. The maximum absolute atomic E-state index is 14.5. The molecule has 0 aliphatic carbocycles. The summed E-state index contributed by atoms with van der Waals surface area (Å²) in [4.78, 5) is 35.3. The first-order chi connectivity index (χ1) is 22.3. The smallest absolute Gasteiger partial charge is 0.254 e. The number of rotatable bonds is 9. The molecule has 1 aromatic carbocycles. The van der Waals surface area contributed by atoms with Gasteiger partial charge in [0.05, 0.1) is 41.2 Å². The number of nitrogens with one attached hydrogen (secondary N) is 1. The molecule has 0 unspecified atom stereocenters. The van der Waals surface area contributed by atoms with Crippen molar-refractivity contribution in [1.82, 2.24) is 29.7 Å². The monoisotopic (exact) mass is 628 g/mol. The molecule has 0 spiro atoms. The zero-order valence-corrected chi connectivity index (χ0v) is 25.5. The number of pyridine rings is 2. The second-order valence-electron chi connectivity index (χ2n) is 11.7. The molecular formula is C33H34F2N8O3. The van der Waals surface area contributed by atoms with E-state index in [1.165, 1.54) is 6.20 Å². The molecular weight excluding hydrogens is 594 g/mol. The highest BCUT2D eigenvalue weighted by atomic mass is 19.1. The van der Waals surface area contributed by atoms with Crippen LogP contribution in [0.2, 0.25) is 0 Å². The third-order valence-electron chi connectivity index (χ3n) is 8.76. The molecule has 1 N–H and O–H groups in total. The van der Waals surface area contributed by atoms with Crippen LogP contribution >= 0.6 is 0 Å². The summed E-state index contributed by atoms with van der Waals surface area (Å²) in [5, 5.41) is 17.0. The highest BCUT2D eigenvalue weighted by Gasteiger charge is 2.39. The number of halogens is 2. The lowest BCUT2D eigenvalue weighted by atomic mass is 9.86. The molecule has 2 saturated heterocycles. The lowest BCUT2D eigenvalue weighted by Gasteiger charge is -2.46. The normalized spacial score (nSPS) is 16.7. The summed E-state index contributed by atoms with van der Waals surface area (Å²) in [5.74, 6) is -0.737. The Balaban J connectivity index is 1.21. The van der Waals surface area contributed by atoms with Gasteiger partial charge in [-0.3, -0.25) is 14.5 Å². The summed E-state index contributed by atoms with van der Waals surface area (Å²) in [6.45, 7) is 6.51. The lowest BCUT2D eigenvalue weighted by Crippen LogP contribution is -2.62. The van der Waals surface area contributed by atoms with Gasteiger partial charge in [0.1, 0.15) is 29.3 Å². The molecule has 2 amide bonds. The molecule has 3 aromatic heterocycles. The number of anilines is 1. The number of aromatic nitrogens is 3. The number of benzene rings is 1. The first-order valence-corrected chi connectivity index (χ1v) is 15.3. The van der Waals surface area contributed by atoms with E-state index >= 15 is 0 Å². The highest BCUT2D eigenvalue weighted by molar-refractivity contribution is 5.95. The van der Waals surface area contributed by atoms with Crippen LogP contribution in [0.1, 0.15) is 35.7 Å². The number of hydrogen-bond donors (Lipinski definition) is 1. The van der Waals surface area contributed by atoms with Gasteiger partial charge in [-0.05, 0) is 56.2 Å². The van der Waals surface area contributed by atoms with Crippen LogP contribution in [-0.2, 0) is 4.79 Å². The molecule has 46 heavy (non-hydrogen) atoms. The van der Waals surface area contributed by atoms with E-state index in [4.69, 9.17) is 9.72 Å². The van der Waals surface area contributed by atoms with Gasteiger partial charge in [-0.2, -0.15) is 10.4 Å². The topological polar surface area (TPSA) is 119 Å². The maximum Gasteiger partial charge on any atom is 0.254 e. The van der Waals surface area contributed by atoms with Crippen molar-refractivity contribution < 1.29 is 23.1 Å². The largest absolute Gasteiger partial charge is 0.492 e. The summed E-state index contributed by atoms with van der Waals surface area (Å²) >= 11 is 0. The number of piperidine rings is 1. The van der Waals surface area contributed by atoms with Crippen LogP contribution < -0.4 is 15.0 Å². The van der Waals surface area contributed by atoms with E-state index in [0.29, 0.717) is 82.1 Å². The molecule has 2 aliphatic heterocycles. The first kappa shape index (κ1) is 30.9. The van der Waals surface area contributed by atoms with Gasteiger partial charge >= 0.3 is 0 Å². The summed E-state index contributed by atoms with van der Waals surface area (Å²) in [6, 6.07) is 10.8. The minimum Gasteiger partial charge on any atom is -0.492 e. The lowest BCUT2D eigenvalue weighted by molar-refractivity contribution is -0.119. The summed E-state index contributed by atoms with van der Waals surface area (Å²) in [6.07, 6.45) is 6.97. The number of carbonyl (C=O) groups is 2. The Morgan fingerprint density at radius 2 is 1.87 bits per heavy atom. The van der Waals surface area contributed by atoms with E-state index in [1.54, 1.807) is 21.8 Å². The molecule has 11 nitrogen and oxygen atoms in total. The second-order valence-corrected chi connectivity index (χ2v) is 11.7. The van der Waals surface area contributed by atoms with Crippen molar-refractivity contribution in [2.75, 3.05) is 57.3 Å². The third kappa shape index (κ3) is 6.34. The van der Waals surface area contributed by atoms with Gasteiger partial charge in [0, 0.05) is 63.1 Å². The first-order valence-electron chi connectivity index (χ1n) is 15.3. The Labute approximate surface area is 265 Å². The summed E-state index contributed by atoms with van der Waals surface area (Å²) in [7, 11) is 0. The number of carbonyl (C=O) groups excluding carboxylic acids is 2. The molecule has 5 heterocycles. The van der Waals surface area contributed by atoms with E-state index < -0.39 is 23.1 Å². The van der Waals surface area contributed by atoms with Crippen LogP contribution in [0.15, 0.2) is 55.0 Å². The Morgan fingerprint density at radius 3 is 2.54 bits per heavy atom. The zero-order chi connectivity index (χ0) is 32.3. The van der Waals surface area contributed by atoms with Gasteiger partial charge in [0.2, 0.25) is 6.41 Å². The van der Waals surface area contributed by atoms with E-state index in [1.807, 2.05) is 25.1 Å². The molecule has 13 heteroatoms. The van der Waals surface area contributed by atoms with Crippen molar-refractivity contribution in [3.63, 3.8) is 0 Å². The minimum absolute atomic E-state index is 0.329. The van der Waals surface area contributed by atoms with Crippen LogP contribution in [0.25, 0.3) is 16.6 Å². The number of ether oxygens (including phenoxy) is 1. The average molecular weight is 629 g/mol. The summed E-state index contributed by atoms with van der Waals surface area (Å²) in [5.41, 5.74) is 1.67. The van der Waals surface area contributed by atoms with Crippen molar-refractivity contribution in [2.45, 2.75) is 25.3 Å². The number of piperazine rings is 1. The third-order valence-corrected chi connectivity index (χ3v) is 8.76. The maximum atomic E-state index is 14.5. The molecule has 4 aromatic rings. The minimum atomic E-state index is -0.780. The number of fused-ring (bicyclic) bond motifs is 1. The van der Waals surface area contributed by atoms with Gasteiger partial charge in [-0.15, -0.1) is 0 Å². The summed E-state index contributed by atoms with van der Waals surface area (Å²) < 4.78 is 35.8. The fraction of sp³-hybridized carbons (Fsp3) is 0.364. The SMILES string of the molecule is CCOc1cc(-c2ccc(N3CCC(CN4CCN(C=O)CC4)(NC(=O)c4cc(F)ccc4F)CC3)nc2)c2c(C#N)cnn2c1. The van der Waals surface area contributed by atoms with Gasteiger partial charge in [0.25, 0.3) is 5.91 Å². The second kappa shape index (κ2) is 13.1. The molecule has 0 bridgehead atoms. The van der Waals surface area contributed by atoms with Gasteiger partial charge < -0.3 is 19.9 Å². The predicted molar refractivity (Wildman–Crippen MR) is 166 cm³/mol. The number of amides is 2. The quantitative estimate of drug-likeness (QED) is 0.280. The van der Waals surface area contributed by atoms with Gasteiger partial charge in [-0.25, -0.2) is 18.3 Å². The molecule has 238 valence electrons.